The van der Waals surface area contributed by atoms with Gasteiger partial charge in [0.1, 0.15) is 5.82 Å². The van der Waals surface area contributed by atoms with E-state index in [1.807, 2.05) is 0 Å². The van der Waals surface area contributed by atoms with Crippen molar-refractivity contribution in [3.63, 3.8) is 0 Å². The van der Waals surface area contributed by atoms with E-state index < -0.39 is 23.5 Å². The van der Waals surface area contributed by atoms with E-state index in [1.54, 1.807) is 25.1 Å². The summed E-state index contributed by atoms with van der Waals surface area (Å²) >= 11 is 0. The van der Waals surface area contributed by atoms with Gasteiger partial charge in [-0.2, -0.15) is 0 Å². The van der Waals surface area contributed by atoms with Crippen LogP contribution in [0.5, 0.6) is 0 Å². The van der Waals surface area contributed by atoms with Gasteiger partial charge >= 0.3 is 0 Å². The van der Waals surface area contributed by atoms with Gasteiger partial charge in [-0.15, -0.1) is 0 Å². The molecule has 0 saturated heterocycles. The Kier molecular flexibility index (Phi) is 3.55. The van der Waals surface area contributed by atoms with E-state index in [2.05, 4.69) is 5.32 Å². The molecule has 1 N–H and O–H groups in total. The second-order valence-electron chi connectivity index (χ2n) is 3.99. The highest BCUT2D eigenvalue weighted by molar-refractivity contribution is 5.46. The van der Waals surface area contributed by atoms with Crippen molar-refractivity contribution in [2.45, 2.75) is 13.0 Å². The Bertz CT molecular complexity index is 554. The molecule has 1 unspecified atom stereocenters. The molecule has 2 aromatic carbocycles. The van der Waals surface area contributed by atoms with E-state index in [4.69, 9.17) is 0 Å². The van der Waals surface area contributed by atoms with Gasteiger partial charge in [0.25, 0.3) is 0 Å². The first-order valence-electron chi connectivity index (χ1n) is 5.54. The molecule has 0 heterocycles. The highest BCUT2D eigenvalue weighted by atomic mass is 19.2. The quantitative estimate of drug-likeness (QED) is 0.858. The first kappa shape index (κ1) is 12.5. The molecule has 0 amide bonds. The van der Waals surface area contributed by atoms with E-state index in [0.717, 1.165) is 6.07 Å². The number of benzene rings is 2. The van der Waals surface area contributed by atoms with Crippen molar-refractivity contribution in [3.8, 4) is 0 Å². The Morgan fingerprint density at radius 2 is 1.56 bits per heavy atom. The fraction of sp³-hybridized carbons (Fsp3) is 0.143. The predicted molar refractivity (Wildman–Crippen MR) is 64.8 cm³/mol. The van der Waals surface area contributed by atoms with Crippen molar-refractivity contribution < 1.29 is 13.2 Å². The van der Waals surface area contributed by atoms with E-state index >= 15 is 0 Å². The lowest BCUT2D eigenvalue weighted by molar-refractivity contribution is 0.494. The van der Waals surface area contributed by atoms with Crippen LogP contribution in [0.25, 0.3) is 0 Å². The number of hydrogen-bond acceptors (Lipinski definition) is 1. The van der Waals surface area contributed by atoms with Crippen molar-refractivity contribution >= 4 is 5.69 Å². The van der Waals surface area contributed by atoms with Gasteiger partial charge in [-0.3, -0.25) is 0 Å². The average Bonchev–Trinajstić information content (AvgIpc) is 2.35. The highest BCUT2D eigenvalue weighted by Gasteiger charge is 2.14. The Morgan fingerprint density at radius 1 is 0.889 bits per heavy atom. The van der Waals surface area contributed by atoms with Gasteiger partial charge in [0.05, 0.1) is 11.7 Å². The fourth-order valence-electron chi connectivity index (χ4n) is 1.74. The zero-order chi connectivity index (χ0) is 13.1. The summed E-state index contributed by atoms with van der Waals surface area (Å²) in [5.74, 6) is -2.25. The van der Waals surface area contributed by atoms with E-state index in [-0.39, 0.29) is 11.3 Å². The zero-order valence-corrected chi connectivity index (χ0v) is 9.75. The lowest BCUT2D eigenvalue weighted by Gasteiger charge is -2.17. The van der Waals surface area contributed by atoms with Crippen molar-refractivity contribution in [2.75, 3.05) is 5.32 Å². The molecule has 0 aliphatic rings. The Morgan fingerprint density at radius 3 is 2.28 bits per heavy atom. The standard InChI is InChI=1S/C14H12F3N/c1-9(10-5-4-7-12(16)14(10)17)18-13-8-3-2-6-11(13)15/h2-9,18H,1H3. The van der Waals surface area contributed by atoms with Gasteiger partial charge in [-0.25, -0.2) is 13.2 Å². The zero-order valence-electron chi connectivity index (χ0n) is 9.75. The number of nitrogens with one attached hydrogen (secondary N) is 1. The molecule has 4 heteroatoms. The maximum Gasteiger partial charge on any atom is 0.164 e. The monoisotopic (exact) mass is 251 g/mol. The van der Waals surface area contributed by atoms with Crippen LogP contribution in [-0.4, -0.2) is 0 Å². The van der Waals surface area contributed by atoms with Gasteiger partial charge in [0, 0.05) is 5.56 Å². The largest absolute Gasteiger partial charge is 0.376 e. The van der Waals surface area contributed by atoms with Crippen molar-refractivity contribution in [1.82, 2.24) is 0 Å². The van der Waals surface area contributed by atoms with Crippen LogP contribution in [0, 0.1) is 17.5 Å². The number of para-hydroxylation sites is 1. The second kappa shape index (κ2) is 5.12. The summed E-state index contributed by atoms with van der Waals surface area (Å²) < 4.78 is 40.0. The Balaban J connectivity index is 2.25. The first-order chi connectivity index (χ1) is 8.59. The van der Waals surface area contributed by atoms with E-state index in [9.17, 15) is 13.2 Å². The van der Waals surface area contributed by atoms with Gasteiger partial charge in [0.2, 0.25) is 0 Å². The SMILES string of the molecule is CC(Nc1ccccc1F)c1cccc(F)c1F. The maximum atomic E-state index is 13.5. The molecule has 94 valence electrons. The molecule has 0 saturated carbocycles. The summed E-state index contributed by atoms with van der Waals surface area (Å²) in [6.45, 7) is 1.64. The van der Waals surface area contributed by atoms with Crippen LogP contribution >= 0.6 is 0 Å². The molecule has 0 spiro atoms. The summed E-state index contributed by atoms with van der Waals surface area (Å²) in [5.41, 5.74) is 0.423. The smallest absolute Gasteiger partial charge is 0.164 e. The Labute approximate surface area is 103 Å². The fourth-order valence-corrected chi connectivity index (χ4v) is 1.74. The third-order valence-electron chi connectivity index (χ3n) is 2.69. The summed E-state index contributed by atoms with van der Waals surface area (Å²) in [6, 6.07) is 9.49. The van der Waals surface area contributed by atoms with Gasteiger partial charge in [0.15, 0.2) is 11.6 Å². The number of halogens is 3. The molecular weight excluding hydrogens is 239 g/mol. The molecule has 0 aliphatic heterocycles. The molecule has 0 aliphatic carbocycles. The number of hydrogen-bond donors (Lipinski definition) is 1. The molecule has 0 bridgehead atoms. The average molecular weight is 251 g/mol. The van der Waals surface area contributed by atoms with Crippen LogP contribution < -0.4 is 5.32 Å². The van der Waals surface area contributed by atoms with Crippen LogP contribution in [0.15, 0.2) is 42.5 Å². The minimum Gasteiger partial charge on any atom is -0.376 e. The molecule has 0 aromatic heterocycles. The molecule has 0 fully saturated rings. The molecular formula is C14H12F3N. The van der Waals surface area contributed by atoms with E-state index in [1.165, 1.54) is 18.2 Å². The van der Waals surface area contributed by atoms with Crippen molar-refractivity contribution in [3.05, 3.63) is 65.5 Å². The third-order valence-corrected chi connectivity index (χ3v) is 2.69. The van der Waals surface area contributed by atoms with E-state index in [0.29, 0.717) is 0 Å². The van der Waals surface area contributed by atoms with Gasteiger partial charge in [-0.1, -0.05) is 24.3 Å². The lowest BCUT2D eigenvalue weighted by atomic mass is 10.1. The Hall–Kier alpha value is -1.97. The molecule has 1 atom stereocenters. The molecule has 1 nitrogen and oxygen atoms in total. The van der Waals surface area contributed by atoms with Crippen LogP contribution in [0.3, 0.4) is 0 Å². The maximum absolute atomic E-state index is 13.5. The van der Waals surface area contributed by atoms with Crippen molar-refractivity contribution in [1.29, 1.82) is 0 Å². The highest BCUT2D eigenvalue weighted by Crippen LogP contribution is 2.24. The molecule has 2 aromatic rings. The van der Waals surface area contributed by atoms with Crippen LogP contribution in [-0.2, 0) is 0 Å². The second-order valence-corrected chi connectivity index (χ2v) is 3.99. The predicted octanol–water partition coefficient (Wildman–Crippen LogP) is 4.28. The van der Waals surface area contributed by atoms with Crippen molar-refractivity contribution in [2.24, 2.45) is 0 Å². The van der Waals surface area contributed by atoms with Crippen LogP contribution in [0.1, 0.15) is 18.5 Å². The molecule has 0 radical (unpaired) electrons. The minimum absolute atomic E-state index is 0.165. The molecule has 2 rings (SSSR count). The summed E-state index contributed by atoms with van der Waals surface area (Å²) in [7, 11) is 0. The molecule has 18 heavy (non-hydrogen) atoms. The summed E-state index contributed by atoms with van der Waals surface area (Å²) in [5, 5.41) is 2.81. The van der Waals surface area contributed by atoms with Gasteiger partial charge in [-0.05, 0) is 25.1 Å². The number of anilines is 1. The normalized spacial score (nSPS) is 12.2. The lowest BCUT2D eigenvalue weighted by Crippen LogP contribution is -2.10. The topological polar surface area (TPSA) is 12.0 Å². The minimum atomic E-state index is -0.908. The van der Waals surface area contributed by atoms with Crippen LogP contribution in [0.4, 0.5) is 18.9 Å². The van der Waals surface area contributed by atoms with Crippen LogP contribution in [0.2, 0.25) is 0 Å². The number of rotatable bonds is 3. The third kappa shape index (κ3) is 2.47. The summed E-state index contributed by atoms with van der Waals surface area (Å²) in [4.78, 5) is 0. The summed E-state index contributed by atoms with van der Waals surface area (Å²) in [6.07, 6.45) is 0. The van der Waals surface area contributed by atoms with Gasteiger partial charge < -0.3 is 5.32 Å². The first-order valence-corrected chi connectivity index (χ1v) is 5.54.